The van der Waals surface area contributed by atoms with E-state index in [-0.39, 0.29) is 35.2 Å². The van der Waals surface area contributed by atoms with E-state index in [1.54, 1.807) is 41.3 Å². The molecule has 2 N–H and O–H groups in total. The summed E-state index contributed by atoms with van der Waals surface area (Å²) in [5.41, 5.74) is 1.66. The van der Waals surface area contributed by atoms with Crippen molar-refractivity contribution >= 4 is 45.7 Å². The minimum Gasteiger partial charge on any atom is -0.342 e. The number of hydrogen-bond acceptors (Lipinski definition) is 9. The molecule has 1 atom stereocenters. The third-order valence-corrected chi connectivity index (χ3v) is 7.35. The first-order chi connectivity index (χ1) is 18.2. The summed E-state index contributed by atoms with van der Waals surface area (Å²) in [7, 11) is 1.80. The molecular formula is C25H25N7O4S2. The second kappa shape index (κ2) is 12.0. The molecule has 0 spiro atoms. The van der Waals surface area contributed by atoms with Crippen LogP contribution in [0.15, 0.2) is 65.1 Å². The molecule has 0 aliphatic carbocycles. The first-order valence-corrected chi connectivity index (χ1v) is 13.5. The average Bonchev–Trinajstić information content (AvgIpc) is 3.52. The lowest BCUT2D eigenvalue weighted by Crippen LogP contribution is -2.33. The summed E-state index contributed by atoms with van der Waals surface area (Å²) in [4.78, 5) is 40.2. The van der Waals surface area contributed by atoms with Crippen LogP contribution in [-0.2, 0) is 11.8 Å². The fourth-order valence-corrected chi connectivity index (χ4v) is 5.05. The molecule has 0 radical (unpaired) electrons. The Morgan fingerprint density at radius 2 is 1.89 bits per heavy atom. The van der Waals surface area contributed by atoms with Crippen molar-refractivity contribution < 1.29 is 14.5 Å². The van der Waals surface area contributed by atoms with Gasteiger partial charge in [0.25, 0.3) is 11.6 Å². The van der Waals surface area contributed by atoms with Gasteiger partial charge in [-0.15, -0.1) is 21.5 Å². The Bertz CT molecular complexity index is 1450. The molecule has 11 nitrogen and oxygen atoms in total. The van der Waals surface area contributed by atoms with E-state index in [2.05, 4.69) is 25.8 Å². The lowest BCUT2D eigenvalue weighted by molar-refractivity contribution is -0.384. The Labute approximate surface area is 226 Å². The molecule has 38 heavy (non-hydrogen) atoms. The molecule has 0 saturated heterocycles. The number of carbonyl (C=O) groups excluding carboxylic acids is 2. The maximum absolute atomic E-state index is 12.7. The molecule has 13 heteroatoms. The SMILES string of the molecule is CC(C)C(NC(=O)c1ccccc1)c1nnc(SCC(=O)Nc2nc(-c3cccc([N+](=O)[O-])c3)cs2)n1C. The number of rotatable bonds is 10. The summed E-state index contributed by atoms with van der Waals surface area (Å²) in [6, 6.07) is 14.8. The van der Waals surface area contributed by atoms with Gasteiger partial charge in [-0.05, 0) is 18.1 Å². The Kier molecular flexibility index (Phi) is 8.48. The van der Waals surface area contributed by atoms with E-state index >= 15 is 0 Å². The lowest BCUT2D eigenvalue weighted by atomic mass is 10.0. The van der Waals surface area contributed by atoms with Crippen LogP contribution in [0.1, 0.15) is 36.1 Å². The number of anilines is 1. The molecule has 196 valence electrons. The molecule has 0 bridgehead atoms. The van der Waals surface area contributed by atoms with Crippen LogP contribution < -0.4 is 10.6 Å². The van der Waals surface area contributed by atoms with Crippen LogP contribution in [0.2, 0.25) is 0 Å². The third-order valence-electron chi connectivity index (χ3n) is 5.57. The molecule has 0 aliphatic heterocycles. The zero-order chi connectivity index (χ0) is 27.2. The number of hydrogen-bond donors (Lipinski definition) is 2. The van der Waals surface area contributed by atoms with Gasteiger partial charge in [-0.25, -0.2) is 4.98 Å². The predicted octanol–water partition coefficient (Wildman–Crippen LogP) is 4.70. The minimum atomic E-state index is -0.464. The van der Waals surface area contributed by atoms with Crippen molar-refractivity contribution in [1.82, 2.24) is 25.1 Å². The number of amides is 2. The minimum absolute atomic E-state index is 0.0279. The summed E-state index contributed by atoms with van der Waals surface area (Å²) < 4.78 is 1.78. The maximum atomic E-state index is 12.7. The van der Waals surface area contributed by atoms with Crippen molar-refractivity contribution in [3.63, 3.8) is 0 Å². The van der Waals surface area contributed by atoms with E-state index in [9.17, 15) is 19.7 Å². The highest BCUT2D eigenvalue weighted by Crippen LogP contribution is 2.28. The molecule has 0 fully saturated rings. The smallest absolute Gasteiger partial charge is 0.270 e. The summed E-state index contributed by atoms with van der Waals surface area (Å²) in [5.74, 6) is 0.233. The van der Waals surface area contributed by atoms with Gasteiger partial charge in [-0.1, -0.05) is 55.9 Å². The highest BCUT2D eigenvalue weighted by molar-refractivity contribution is 7.99. The summed E-state index contributed by atoms with van der Waals surface area (Å²) in [6.07, 6.45) is 0. The fourth-order valence-electron chi connectivity index (χ4n) is 3.59. The molecule has 4 aromatic rings. The zero-order valence-electron chi connectivity index (χ0n) is 20.8. The fraction of sp³-hybridized carbons (Fsp3) is 0.240. The normalized spacial score (nSPS) is 11.8. The third kappa shape index (κ3) is 6.42. The van der Waals surface area contributed by atoms with Crippen LogP contribution in [0, 0.1) is 16.0 Å². The van der Waals surface area contributed by atoms with E-state index in [0.29, 0.717) is 32.9 Å². The number of non-ortho nitro benzene ring substituents is 1. The highest BCUT2D eigenvalue weighted by atomic mass is 32.2. The van der Waals surface area contributed by atoms with Gasteiger partial charge in [-0.2, -0.15) is 0 Å². The second-order valence-electron chi connectivity index (χ2n) is 8.64. The highest BCUT2D eigenvalue weighted by Gasteiger charge is 2.25. The summed E-state index contributed by atoms with van der Waals surface area (Å²) in [5, 5.41) is 28.0. The van der Waals surface area contributed by atoms with Gasteiger partial charge in [0.15, 0.2) is 16.1 Å². The Balaban J connectivity index is 1.37. The van der Waals surface area contributed by atoms with Gasteiger partial charge < -0.3 is 15.2 Å². The van der Waals surface area contributed by atoms with E-state index < -0.39 is 4.92 Å². The van der Waals surface area contributed by atoms with Crippen molar-refractivity contribution in [2.45, 2.75) is 25.0 Å². The number of nitrogens with one attached hydrogen (secondary N) is 2. The quantitative estimate of drug-likeness (QED) is 0.164. The average molecular weight is 552 g/mol. The van der Waals surface area contributed by atoms with Crippen LogP contribution in [0.5, 0.6) is 0 Å². The van der Waals surface area contributed by atoms with Crippen molar-refractivity contribution in [1.29, 1.82) is 0 Å². The van der Waals surface area contributed by atoms with Gasteiger partial charge in [-0.3, -0.25) is 19.7 Å². The molecule has 2 aromatic heterocycles. The largest absolute Gasteiger partial charge is 0.342 e. The number of aromatic nitrogens is 4. The van der Waals surface area contributed by atoms with Crippen LogP contribution in [-0.4, -0.2) is 42.2 Å². The zero-order valence-corrected chi connectivity index (χ0v) is 22.5. The first kappa shape index (κ1) is 26.9. The number of thiazole rings is 1. The van der Waals surface area contributed by atoms with Gasteiger partial charge in [0.2, 0.25) is 5.91 Å². The van der Waals surface area contributed by atoms with Crippen LogP contribution in [0.4, 0.5) is 10.8 Å². The Hall–Kier alpha value is -4.10. The molecule has 2 amide bonds. The summed E-state index contributed by atoms with van der Waals surface area (Å²) in [6.45, 7) is 3.97. The molecule has 0 saturated carbocycles. The first-order valence-electron chi connectivity index (χ1n) is 11.6. The number of carbonyl (C=O) groups is 2. The van der Waals surface area contributed by atoms with Gasteiger partial charge in [0, 0.05) is 35.7 Å². The molecular weight excluding hydrogens is 526 g/mol. The summed E-state index contributed by atoms with van der Waals surface area (Å²) >= 11 is 2.45. The molecule has 2 heterocycles. The molecule has 0 aliphatic rings. The van der Waals surface area contributed by atoms with Crippen LogP contribution in [0.3, 0.4) is 0 Å². The number of nitrogens with zero attached hydrogens (tertiary/aromatic N) is 5. The van der Waals surface area contributed by atoms with Crippen molar-refractivity contribution in [3.05, 3.63) is 81.5 Å². The predicted molar refractivity (Wildman–Crippen MR) is 146 cm³/mol. The monoisotopic (exact) mass is 551 g/mol. The van der Waals surface area contributed by atoms with Crippen LogP contribution in [0.25, 0.3) is 11.3 Å². The molecule has 4 rings (SSSR count). The second-order valence-corrected chi connectivity index (χ2v) is 10.4. The van der Waals surface area contributed by atoms with Gasteiger partial charge in [0.1, 0.15) is 0 Å². The molecule has 1 unspecified atom stereocenters. The number of benzene rings is 2. The standard InChI is InChI=1S/C25H25N7O4S2/c1-15(2)21(28-23(34)16-8-5-4-6-9-16)22-29-30-25(31(22)3)38-14-20(33)27-24-26-19(13-37-24)17-10-7-11-18(12-17)32(35)36/h4-13,15,21H,14H2,1-3H3,(H,28,34)(H,26,27,33). The van der Waals surface area contributed by atoms with Crippen molar-refractivity contribution in [3.8, 4) is 11.3 Å². The van der Waals surface area contributed by atoms with Crippen LogP contribution >= 0.6 is 23.1 Å². The van der Waals surface area contributed by atoms with Gasteiger partial charge in [0.05, 0.1) is 22.4 Å². The van der Waals surface area contributed by atoms with Crippen molar-refractivity contribution in [2.24, 2.45) is 13.0 Å². The van der Waals surface area contributed by atoms with Crippen molar-refractivity contribution in [2.75, 3.05) is 11.1 Å². The number of thioether (sulfide) groups is 1. The van der Waals surface area contributed by atoms with E-state index in [1.807, 2.05) is 32.0 Å². The Morgan fingerprint density at radius 3 is 2.61 bits per heavy atom. The van der Waals surface area contributed by atoms with E-state index in [1.165, 1.54) is 35.2 Å². The van der Waals surface area contributed by atoms with Gasteiger partial charge >= 0.3 is 0 Å². The number of nitro benzene ring substituents is 1. The lowest BCUT2D eigenvalue weighted by Gasteiger charge is -2.21. The van der Waals surface area contributed by atoms with E-state index in [0.717, 1.165) is 0 Å². The topological polar surface area (TPSA) is 145 Å². The molecule has 2 aromatic carbocycles. The number of nitro groups is 1. The Morgan fingerprint density at radius 1 is 1.13 bits per heavy atom. The maximum Gasteiger partial charge on any atom is 0.270 e. The van der Waals surface area contributed by atoms with E-state index in [4.69, 9.17) is 0 Å².